The molecule has 0 aromatic heterocycles. The Labute approximate surface area is 78.2 Å². The van der Waals surface area contributed by atoms with Crippen molar-refractivity contribution in [3.05, 3.63) is 30.3 Å². The maximum Gasteiger partial charge on any atom is -0.172 e. The van der Waals surface area contributed by atoms with Crippen LogP contribution in [0.1, 0.15) is 0 Å². The van der Waals surface area contributed by atoms with Crippen LogP contribution in [0.25, 0.3) is 0 Å². The van der Waals surface area contributed by atoms with Crippen LogP contribution in [0.2, 0.25) is 0 Å². The Kier molecular flexibility index (Phi) is 28.4. The maximum absolute atomic E-state index is 8.26. The van der Waals surface area contributed by atoms with Crippen LogP contribution < -0.4 is 0 Å². The first kappa shape index (κ1) is 16.2. The molecule has 0 spiro atoms. The fraction of sp³-hybridized carbons (Fsp3) is 0. The summed E-state index contributed by atoms with van der Waals surface area (Å²) in [4.78, 5) is 0. The van der Waals surface area contributed by atoms with Gasteiger partial charge in [-0.05, 0) is 0 Å². The zero-order valence-electron chi connectivity index (χ0n) is 4.52. The van der Waals surface area contributed by atoms with Gasteiger partial charge >= 0.3 is 23.2 Å². The van der Waals surface area contributed by atoms with Crippen LogP contribution in [-0.4, -0.2) is 0 Å². The van der Waals surface area contributed by atoms with E-state index >= 15 is 0 Å². The van der Waals surface area contributed by atoms with E-state index in [2.05, 4.69) is 0 Å². The number of hydrogen-bond donors (Lipinski definition) is 0. The van der Waals surface area contributed by atoms with Gasteiger partial charge in [0.25, 0.3) is 0 Å². The molecule has 1 aromatic carbocycles. The van der Waals surface area contributed by atoms with Crippen LogP contribution in [0, 0.1) is 0 Å². The summed E-state index contributed by atoms with van der Waals surface area (Å²) in [5.41, 5.74) is 0. The summed E-state index contributed by atoms with van der Waals surface area (Å²) in [6, 6.07) is 10.0. The molecule has 4 heteroatoms. The smallest absolute Gasteiger partial charge is 0.172 e. The molecule has 0 N–H and O–H groups in total. The van der Waals surface area contributed by atoms with E-state index in [0.29, 0.717) is 19.8 Å². The van der Waals surface area contributed by atoms with Gasteiger partial charge in [-0.2, -0.15) is 18.2 Å². The summed E-state index contributed by atoms with van der Waals surface area (Å²) < 4.78 is 8.26. The second-order valence-electron chi connectivity index (χ2n) is 0.962. The van der Waals surface area contributed by atoms with Gasteiger partial charge < -0.3 is 0 Å². The molecule has 1 rings (SSSR count). The third-order valence-corrected chi connectivity index (χ3v) is 0.556. The molecule has 0 saturated heterocycles. The monoisotopic (exact) mass is 251 g/mol. The Morgan fingerprint density at radius 2 is 1.33 bits per heavy atom. The van der Waals surface area contributed by atoms with Crippen LogP contribution in [0.3, 0.4) is 0 Å². The first-order valence-corrected chi connectivity index (χ1v) is 2.65. The van der Waals surface area contributed by atoms with Gasteiger partial charge in [0, 0.05) is 0 Å². The van der Waals surface area contributed by atoms with Crippen molar-refractivity contribution < 1.29 is 23.2 Å². The fourth-order valence-electron chi connectivity index (χ4n) is 0.321. The van der Waals surface area contributed by atoms with Crippen molar-refractivity contribution in [2.45, 2.75) is 0 Å². The molecule has 9 heavy (non-hydrogen) atoms. The molecule has 0 amide bonds. The van der Waals surface area contributed by atoms with E-state index < -0.39 is 0 Å². The van der Waals surface area contributed by atoms with E-state index in [1.54, 1.807) is 0 Å². The predicted octanol–water partition coefficient (Wildman–Crippen LogP) is 2.13. The molecule has 0 saturated carbocycles. The quantitative estimate of drug-likeness (QED) is 0.509. The van der Waals surface area contributed by atoms with Crippen LogP contribution in [0.4, 0.5) is 0 Å². The van der Waals surface area contributed by atoms with Crippen molar-refractivity contribution >= 4 is 24.8 Å². The summed E-state index contributed by atoms with van der Waals surface area (Å²) in [7, 11) is 0. The third kappa shape index (κ3) is 11.8. The van der Waals surface area contributed by atoms with Crippen molar-refractivity contribution in [3.8, 4) is 0 Å². The molecule has 0 aliphatic rings. The first-order valence-electron chi connectivity index (χ1n) is 1.83. The molecule has 0 bridgehead atoms. The van der Waals surface area contributed by atoms with Crippen LogP contribution in [0.15, 0.2) is 30.3 Å². The summed E-state index contributed by atoms with van der Waals surface area (Å²) in [5, 5.41) is 0. The van der Waals surface area contributed by atoms with Crippen LogP contribution in [0.5, 0.6) is 0 Å². The van der Waals surface area contributed by atoms with Crippen molar-refractivity contribution in [1.82, 2.24) is 0 Å². The maximum atomic E-state index is 8.26. The van der Waals surface area contributed by atoms with Gasteiger partial charge in [-0.3, -0.25) is 0 Å². The van der Waals surface area contributed by atoms with Gasteiger partial charge in [-0.1, -0.05) is 0 Å². The van der Waals surface area contributed by atoms with E-state index in [1.807, 2.05) is 30.3 Å². The molecule has 0 unspecified atom stereocenters. The van der Waals surface area contributed by atoms with Crippen molar-refractivity contribution in [1.29, 1.82) is 0 Å². The largest absolute Gasteiger partial charge is 0.214 e. The molecule has 0 aliphatic heterocycles. The van der Waals surface area contributed by atoms with Gasteiger partial charge in [0.1, 0.15) is 0 Å². The SMILES string of the molecule is Cl.Cl.[O]=[Mo].c1cc[cH-]c1. The van der Waals surface area contributed by atoms with Crippen molar-refractivity contribution in [2.24, 2.45) is 0 Å². The minimum atomic E-state index is 0. The van der Waals surface area contributed by atoms with E-state index in [9.17, 15) is 0 Å². The summed E-state index contributed by atoms with van der Waals surface area (Å²) in [6.07, 6.45) is 0. The Hall–Kier alpha value is 0.418. The third-order valence-electron chi connectivity index (χ3n) is 0.556. The number of halogens is 2. The van der Waals surface area contributed by atoms with E-state index in [4.69, 9.17) is 3.40 Å². The van der Waals surface area contributed by atoms with Crippen molar-refractivity contribution in [2.75, 3.05) is 0 Å². The predicted molar refractivity (Wildman–Crippen MR) is 37.2 cm³/mol. The summed E-state index contributed by atoms with van der Waals surface area (Å²) >= 11 is 0.700. The molecule has 1 nitrogen and oxygen atoms in total. The van der Waals surface area contributed by atoms with Gasteiger partial charge in [0.15, 0.2) is 0 Å². The van der Waals surface area contributed by atoms with Gasteiger partial charge in [0.2, 0.25) is 0 Å². The average molecular weight is 250 g/mol. The molecule has 54 valence electrons. The van der Waals surface area contributed by atoms with Gasteiger partial charge in [0.05, 0.1) is 0 Å². The second kappa shape index (κ2) is 15.8. The Morgan fingerprint density at radius 1 is 1.00 bits per heavy atom. The topological polar surface area (TPSA) is 17.1 Å². The standard InChI is InChI=1S/C5H5.2ClH.Mo.O/c1-2-4-5-3-1;;;;/h1-5H;2*1H;;/q-1;;;;. The number of rotatable bonds is 0. The zero-order valence-corrected chi connectivity index (χ0v) is 8.16. The molecular weight excluding hydrogens is 243 g/mol. The summed E-state index contributed by atoms with van der Waals surface area (Å²) in [5.74, 6) is 0. The van der Waals surface area contributed by atoms with Gasteiger partial charge in [-0.15, -0.1) is 24.8 Å². The molecule has 0 radical (unpaired) electrons. The van der Waals surface area contributed by atoms with Gasteiger partial charge in [-0.25, -0.2) is 12.1 Å². The molecule has 0 aliphatic carbocycles. The number of hydrogen-bond acceptors (Lipinski definition) is 1. The zero-order chi connectivity index (χ0) is 5.54. The minimum Gasteiger partial charge on any atom is -0.214 e. The average Bonchev–Trinajstić information content (AvgIpc) is 2.23. The van der Waals surface area contributed by atoms with E-state index in [0.717, 1.165) is 0 Å². The fourth-order valence-corrected chi connectivity index (χ4v) is 0.321. The Morgan fingerprint density at radius 3 is 1.44 bits per heavy atom. The first-order chi connectivity index (χ1) is 3.50. The van der Waals surface area contributed by atoms with Crippen LogP contribution >= 0.6 is 24.8 Å². The Balaban J connectivity index is -0.0000000836. The van der Waals surface area contributed by atoms with Crippen LogP contribution in [-0.2, 0) is 23.2 Å². The minimum absolute atomic E-state index is 0. The van der Waals surface area contributed by atoms with Crippen molar-refractivity contribution in [3.63, 3.8) is 0 Å². The second-order valence-corrected chi connectivity index (χ2v) is 0.962. The molecular formula is C5H7Cl2MoO-. The molecule has 0 fully saturated rings. The van der Waals surface area contributed by atoms with E-state index in [-0.39, 0.29) is 24.8 Å². The Bertz CT molecular complexity index is 81.9. The normalized spacial score (nSPS) is 4.89. The summed E-state index contributed by atoms with van der Waals surface area (Å²) in [6.45, 7) is 0. The molecule has 0 atom stereocenters. The molecule has 1 aromatic rings. The van der Waals surface area contributed by atoms with E-state index in [1.165, 1.54) is 0 Å². The molecule has 0 heterocycles.